The molecule has 1 atom stereocenters. The number of halogens is 2. The number of nitrogens with one attached hydrogen (secondary N) is 1. The average Bonchev–Trinajstić information content (AvgIpc) is 3.19. The van der Waals surface area contributed by atoms with Crippen molar-refractivity contribution in [3.05, 3.63) is 27.7 Å². The molecule has 1 aliphatic carbocycles. The van der Waals surface area contributed by atoms with Crippen LogP contribution < -0.4 is 4.72 Å². The van der Waals surface area contributed by atoms with Crippen molar-refractivity contribution in [2.24, 2.45) is 5.92 Å². The van der Waals surface area contributed by atoms with E-state index >= 15 is 0 Å². The van der Waals surface area contributed by atoms with E-state index < -0.39 is 22.1 Å². The highest BCUT2D eigenvalue weighted by molar-refractivity contribution is 7.89. The van der Waals surface area contributed by atoms with E-state index in [1.807, 2.05) is 0 Å². The van der Waals surface area contributed by atoms with Crippen molar-refractivity contribution in [2.45, 2.75) is 23.8 Å². The molecule has 1 aliphatic rings. The first kappa shape index (κ1) is 16.5. The summed E-state index contributed by atoms with van der Waals surface area (Å²) in [5, 5.41) is 18.3. The number of carboxylic acid groups (broad SMARTS) is 1. The second-order valence-electron chi connectivity index (χ2n) is 4.82. The van der Waals surface area contributed by atoms with Crippen LogP contribution in [-0.4, -0.2) is 37.2 Å². The molecule has 0 bridgehead atoms. The first-order valence-corrected chi connectivity index (χ1v) is 8.36. The molecule has 1 unspecified atom stereocenters. The molecule has 6 nitrogen and oxygen atoms in total. The number of carbonyl (C=O) groups is 1. The van der Waals surface area contributed by atoms with Gasteiger partial charge in [-0.3, -0.25) is 0 Å². The molecule has 1 saturated carbocycles. The highest BCUT2D eigenvalue weighted by Crippen LogP contribution is 2.33. The maximum absolute atomic E-state index is 12.1. The van der Waals surface area contributed by atoms with Crippen LogP contribution in [0.4, 0.5) is 0 Å². The third-order valence-corrected chi connectivity index (χ3v) is 5.39. The van der Waals surface area contributed by atoms with E-state index in [4.69, 9.17) is 28.3 Å². The van der Waals surface area contributed by atoms with Crippen molar-refractivity contribution in [1.82, 2.24) is 4.72 Å². The number of aromatic carboxylic acids is 1. The molecule has 9 heteroatoms. The molecule has 1 aromatic rings. The van der Waals surface area contributed by atoms with Gasteiger partial charge in [0.15, 0.2) is 0 Å². The molecule has 2 rings (SSSR count). The maximum atomic E-state index is 12.1. The lowest BCUT2D eigenvalue weighted by molar-refractivity contribution is 0.0697. The third-order valence-electron chi connectivity index (χ3n) is 3.19. The van der Waals surface area contributed by atoms with Crippen LogP contribution in [0.5, 0.6) is 0 Å². The number of hydrogen-bond acceptors (Lipinski definition) is 4. The van der Waals surface area contributed by atoms with Crippen LogP contribution in [0, 0.1) is 5.92 Å². The van der Waals surface area contributed by atoms with E-state index in [9.17, 15) is 18.3 Å². The average molecular weight is 354 g/mol. The van der Waals surface area contributed by atoms with Gasteiger partial charge in [0.05, 0.1) is 21.7 Å². The van der Waals surface area contributed by atoms with E-state index in [1.165, 1.54) is 0 Å². The lowest BCUT2D eigenvalue weighted by atomic mass is 10.2. The van der Waals surface area contributed by atoms with E-state index in [0.29, 0.717) is 0 Å². The number of aliphatic hydroxyl groups excluding tert-OH is 1. The smallest absolute Gasteiger partial charge is 0.337 e. The minimum Gasteiger partial charge on any atom is -0.478 e. The van der Waals surface area contributed by atoms with E-state index in [1.54, 1.807) is 0 Å². The van der Waals surface area contributed by atoms with Crippen molar-refractivity contribution in [2.75, 3.05) is 6.54 Å². The normalized spacial score (nSPS) is 16.7. The van der Waals surface area contributed by atoms with Gasteiger partial charge in [-0.2, -0.15) is 0 Å². The van der Waals surface area contributed by atoms with Crippen LogP contribution in [0.3, 0.4) is 0 Å². The summed E-state index contributed by atoms with van der Waals surface area (Å²) in [5.74, 6) is -1.24. The van der Waals surface area contributed by atoms with Crippen LogP contribution in [-0.2, 0) is 10.0 Å². The molecule has 0 heterocycles. The Bertz CT molecular complexity index is 672. The molecule has 3 N–H and O–H groups in total. The van der Waals surface area contributed by atoms with Gasteiger partial charge in [-0.15, -0.1) is 0 Å². The minimum absolute atomic E-state index is 0.114. The Morgan fingerprint density at radius 3 is 2.48 bits per heavy atom. The summed E-state index contributed by atoms with van der Waals surface area (Å²) in [6.07, 6.45) is 0.978. The predicted molar refractivity (Wildman–Crippen MR) is 77.3 cm³/mol. The monoisotopic (exact) mass is 353 g/mol. The first-order chi connectivity index (χ1) is 9.72. The Hall–Kier alpha value is -0.860. The molecule has 0 spiro atoms. The maximum Gasteiger partial charge on any atom is 0.337 e. The molecule has 0 amide bonds. The topological polar surface area (TPSA) is 104 Å². The molecule has 0 saturated heterocycles. The zero-order valence-electron chi connectivity index (χ0n) is 10.7. The fourth-order valence-corrected chi connectivity index (χ4v) is 3.72. The summed E-state index contributed by atoms with van der Waals surface area (Å²) in [5.41, 5.74) is -0.357. The largest absolute Gasteiger partial charge is 0.478 e. The molecule has 1 fully saturated rings. The number of aliphatic hydroxyl groups is 1. The Morgan fingerprint density at radius 2 is 1.95 bits per heavy atom. The van der Waals surface area contributed by atoms with E-state index in [2.05, 4.69) is 4.72 Å². The fourth-order valence-electron chi connectivity index (χ4n) is 1.82. The molecular weight excluding hydrogens is 341 g/mol. The van der Waals surface area contributed by atoms with Crippen LogP contribution >= 0.6 is 23.2 Å². The van der Waals surface area contributed by atoms with Gasteiger partial charge in [0.25, 0.3) is 0 Å². The highest BCUT2D eigenvalue weighted by atomic mass is 35.5. The van der Waals surface area contributed by atoms with Gasteiger partial charge < -0.3 is 10.2 Å². The van der Waals surface area contributed by atoms with Crippen molar-refractivity contribution in [1.29, 1.82) is 0 Å². The SMILES string of the molecule is O=C(O)c1cc(S(=O)(=O)NCC(O)C2CC2)c(Cl)cc1Cl. The van der Waals surface area contributed by atoms with E-state index in [-0.39, 0.29) is 33.0 Å². The second-order valence-corrected chi connectivity index (χ2v) is 7.37. The lowest BCUT2D eigenvalue weighted by Gasteiger charge is -2.13. The summed E-state index contributed by atoms with van der Waals surface area (Å²) in [6.45, 7) is -0.144. The molecule has 0 aliphatic heterocycles. The van der Waals surface area contributed by atoms with Gasteiger partial charge in [0.2, 0.25) is 10.0 Å². The molecule has 1 aromatic carbocycles. The Morgan fingerprint density at radius 1 is 1.33 bits per heavy atom. The summed E-state index contributed by atoms with van der Waals surface area (Å²) in [4.78, 5) is 10.6. The number of hydrogen-bond donors (Lipinski definition) is 3. The molecule has 21 heavy (non-hydrogen) atoms. The Labute approximate surface area is 131 Å². The zero-order chi connectivity index (χ0) is 15.8. The van der Waals surface area contributed by atoms with Crippen molar-refractivity contribution in [3.8, 4) is 0 Å². The third kappa shape index (κ3) is 3.87. The molecule has 0 radical (unpaired) electrons. The Kier molecular flexibility index (Phi) is 4.79. The van der Waals surface area contributed by atoms with Gasteiger partial charge in [0, 0.05) is 6.54 Å². The summed E-state index contributed by atoms with van der Waals surface area (Å²) in [6, 6.07) is 1.97. The first-order valence-electron chi connectivity index (χ1n) is 6.12. The fraction of sp³-hybridized carbons (Fsp3) is 0.417. The summed E-state index contributed by atoms with van der Waals surface area (Å²) >= 11 is 11.5. The standard InChI is InChI=1S/C12H13Cl2NO5S/c13-8-4-9(14)11(3-7(8)12(17)18)21(19,20)15-5-10(16)6-1-2-6/h3-4,6,10,15-16H,1-2,5H2,(H,17,18). The Balaban J connectivity index is 2.26. The van der Waals surface area contributed by atoms with Crippen LogP contribution in [0.25, 0.3) is 0 Å². The molecule has 0 aromatic heterocycles. The number of benzene rings is 1. The van der Waals surface area contributed by atoms with Crippen LogP contribution in [0.15, 0.2) is 17.0 Å². The number of rotatable bonds is 6. The van der Waals surface area contributed by atoms with Crippen molar-refractivity contribution in [3.63, 3.8) is 0 Å². The van der Waals surface area contributed by atoms with Crippen LogP contribution in [0.2, 0.25) is 10.0 Å². The van der Waals surface area contributed by atoms with Crippen molar-refractivity contribution >= 4 is 39.2 Å². The number of sulfonamides is 1. The minimum atomic E-state index is -4.03. The number of carboxylic acids is 1. The summed E-state index contributed by atoms with van der Waals surface area (Å²) < 4.78 is 26.5. The predicted octanol–water partition coefficient (Wildman–Crippen LogP) is 1.74. The highest BCUT2D eigenvalue weighted by Gasteiger charge is 2.31. The van der Waals surface area contributed by atoms with Gasteiger partial charge in [-0.05, 0) is 30.9 Å². The quantitative estimate of drug-likeness (QED) is 0.722. The molecule has 116 valence electrons. The van der Waals surface area contributed by atoms with Crippen LogP contribution in [0.1, 0.15) is 23.2 Å². The van der Waals surface area contributed by atoms with Gasteiger partial charge in [0.1, 0.15) is 4.90 Å². The summed E-state index contributed by atoms with van der Waals surface area (Å²) in [7, 11) is -4.03. The second kappa shape index (κ2) is 6.10. The zero-order valence-corrected chi connectivity index (χ0v) is 13.0. The van der Waals surface area contributed by atoms with E-state index in [0.717, 1.165) is 25.0 Å². The van der Waals surface area contributed by atoms with Gasteiger partial charge in [-0.1, -0.05) is 23.2 Å². The lowest BCUT2D eigenvalue weighted by Crippen LogP contribution is -2.33. The van der Waals surface area contributed by atoms with Crippen molar-refractivity contribution < 1.29 is 23.4 Å². The van der Waals surface area contributed by atoms with Gasteiger partial charge in [-0.25, -0.2) is 17.9 Å². The van der Waals surface area contributed by atoms with Gasteiger partial charge >= 0.3 is 5.97 Å². The molecular formula is C12H13Cl2NO5S.